The van der Waals surface area contributed by atoms with Crippen LogP contribution in [-0.4, -0.2) is 56.5 Å². The van der Waals surface area contributed by atoms with Crippen molar-refractivity contribution in [2.75, 3.05) is 24.8 Å². The highest BCUT2D eigenvalue weighted by molar-refractivity contribution is 5.98. The number of hydrogen-bond donors (Lipinski definition) is 0. The van der Waals surface area contributed by atoms with E-state index < -0.39 is 0 Å². The van der Waals surface area contributed by atoms with Crippen LogP contribution in [0.2, 0.25) is 0 Å². The third-order valence-corrected chi connectivity index (χ3v) is 5.16. The SMILES string of the molecule is Cc1cc(C)nc(N2CCN(C(=O)c3cc(C)ccc3-n3nccn3)[C@H](C)CO2)c1. The largest absolute Gasteiger partial charge is 0.332 e. The van der Waals surface area contributed by atoms with Crippen molar-refractivity contribution in [3.8, 4) is 5.69 Å². The molecule has 3 aromatic rings. The van der Waals surface area contributed by atoms with Crippen LogP contribution in [0.15, 0.2) is 42.7 Å². The summed E-state index contributed by atoms with van der Waals surface area (Å²) >= 11 is 0. The van der Waals surface area contributed by atoms with Crippen LogP contribution in [0.3, 0.4) is 0 Å². The van der Waals surface area contributed by atoms with Gasteiger partial charge >= 0.3 is 0 Å². The lowest BCUT2D eigenvalue weighted by atomic mass is 10.1. The fourth-order valence-electron chi connectivity index (χ4n) is 3.69. The lowest BCUT2D eigenvalue weighted by Crippen LogP contribution is -2.41. The van der Waals surface area contributed by atoms with E-state index in [1.807, 2.05) is 62.9 Å². The van der Waals surface area contributed by atoms with E-state index in [0.29, 0.717) is 30.9 Å². The summed E-state index contributed by atoms with van der Waals surface area (Å²) in [6.07, 6.45) is 3.20. The van der Waals surface area contributed by atoms with Crippen LogP contribution < -0.4 is 5.06 Å². The van der Waals surface area contributed by atoms with E-state index in [1.54, 1.807) is 17.5 Å². The molecule has 30 heavy (non-hydrogen) atoms. The van der Waals surface area contributed by atoms with Crippen molar-refractivity contribution in [1.82, 2.24) is 24.9 Å². The molecular weight excluding hydrogens is 380 g/mol. The van der Waals surface area contributed by atoms with Crippen molar-refractivity contribution in [3.05, 3.63) is 65.1 Å². The first-order valence-corrected chi connectivity index (χ1v) is 10.1. The van der Waals surface area contributed by atoms with E-state index in [9.17, 15) is 4.79 Å². The van der Waals surface area contributed by atoms with Crippen LogP contribution >= 0.6 is 0 Å². The maximum absolute atomic E-state index is 13.5. The summed E-state index contributed by atoms with van der Waals surface area (Å²) in [5.74, 6) is 0.711. The Bertz CT molecular complexity index is 1030. The Morgan fingerprint density at radius 2 is 1.80 bits per heavy atom. The smallest absolute Gasteiger partial charge is 0.256 e. The highest BCUT2D eigenvalue weighted by Crippen LogP contribution is 2.22. The van der Waals surface area contributed by atoms with Crippen molar-refractivity contribution in [2.45, 2.75) is 33.7 Å². The number of nitrogens with zero attached hydrogens (tertiary/aromatic N) is 6. The summed E-state index contributed by atoms with van der Waals surface area (Å²) in [5.41, 5.74) is 4.32. The molecule has 0 saturated carbocycles. The molecule has 8 heteroatoms. The summed E-state index contributed by atoms with van der Waals surface area (Å²) in [6.45, 7) is 9.42. The van der Waals surface area contributed by atoms with Crippen LogP contribution in [0.5, 0.6) is 0 Å². The minimum atomic E-state index is -0.0904. The van der Waals surface area contributed by atoms with E-state index in [2.05, 4.69) is 15.2 Å². The molecule has 8 nitrogen and oxygen atoms in total. The zero-order chi connectivity index (χ0) is 21.3. The molecule has 1 atom stereocenters. The second-order valence-corrected chi connectivity index (χ2v) is 7.73. The monoisotopic (exact) mass is 406 g/mol. The van der Waals surface area contributed by atoms with Gasteiger partial charge in [-0.05, 0) is 57.5 Å². The number of carbonyl (C=O) groups is 1. The van der Waals surface area contributed by atoms with Gasteiger partial charge in [-0.1, -0.05) is 11.6 Å². The number of amides is 1. The number of aromatic nitrogens is 4. The third-order valence-electron chi connectivity index (χ3n) is 5.16. The molecule has 1 amide bonds. The Kier molecular flexibility index (Phi) is 5.50. The third kappa shape index (κ3) is 4.04. The second kappa shape index (κ2) is 8.23. The molecule has 0 bridgehead atoms. The van der Waals surface area contributed by atoms with E-state index in [0.717, 1.165) is 22.6 Å². The number of rotatable bonds is 3. The second-order valence-electron chi connectivity index (χ2n) is 7.73. The zero-order valence-electron chi connectivity index (χ0n) is 17.7. The minimum Gasteiger partial charge on any atom is -0.332 e. The number of anilines is 1. The molecule has 156 valence electrons. The molecule has 0 radical (unpaired) electrons. The molecule has 0 spiro atoms. The van der Waals surface area contributed by atoms with Gasteiger partial charge in [0.05, 0.1) is 42.8 Å². The highest BCUT2D eigenvalue weighted by Gasteiger charge is 2.29. The number of aryl methyl sites for hydroxylation is 3. The molecule has 0 N–H and O–H groups in total. The topological polar surface area (TPSA) is 76.4 Å². The Balaban J connectivity index is 1.60. The van der Waals surface area contributed by atoms with Crippen molar-refractivity contribution in [1.29, 1.82) is 0 Å². The van der Waals surface area contributed by atoms with Gasteiger partial charge in [-0.3, -0.25) is 9.63 Å². The zero-order valence-corrected chi connectivity index (χ0v) is 17.7. The quantitative estimate of drug-likeness (QED) is 0.666. The van der Waals surface area contributed by atoms with E-state index in [-0.39, 0.29) is 11.9 Å². The van der Waals surface area contributed by atoms with Crippen LogP contribution in [0.25, 0.3) is 5.69 Å². The number of hydrogen-bond acceptors (Lipinski definition) is 6. The fourth-order valence-corrected chi connectivity index (χ4v) is 3.69. The molecule has 1 aliphatic rings. The average Bonchev–Trinajstić information content (AvgIpc) is 3.16. The van der Waals surface area contributed by atoms with Crippen LogP contribution in [0.4, 0.5) is 5.82 Å². The first-order valence-electron chi connectivity index (χ1n) is 10.1. The van der Waals surface area contributed by atoms with Gasteiger partial charge in [0.2, 0.25) is 0 Å². The Morgan fingerprint density at radius 3 is 2.53 bits per heavy atom. The number of hydroxylamine groups is 1. The standard InChI is InChI=1S/C22H26N6O2/c1-15-5-6-20(28-23-7-8-24-28)19(12-15)22(29)26-9-10-27(30-14-18(26)4)21-13-16(2)11-17(3)25-21/h5-8,11-13,18H,9-10,14H2,1-4H3/t18-/m1/s1. The maximum Gasteiger partial charge on any atom is 0.256 e. The molecule has 1 aromatic carbocycles. The van der Waals surface area contributed by atoms with Gasteiger partial charge in [-0.2, -0.15) is 15.0 Å². The molecule has 2 aromatic heterocycles. The minimum absolute atomic E-state index is 0.0580. The first kappa shape index (κ1) is 20.0. The number of carbonyl (C=O) groups excluding carboxylic acids is 1. The highest BCUT2D eigenvalue weighted by atomic mass is 16.7. The van der Waals surface area contributed by atoms with Gasteiger partial charge in [-0.15, -0.1) is 0 Å². The normalized spacial score (nSPS) is 17.1. The van der Waals surface area contributed by atoms with Gasteiger partial charge in [-0.25, -0.2) is 10.0 Å². The predicted octanol–water partition coefficient (Wildman–Crippen LogP) is 2.87. The Labute approximate surface area is 176 Å². The van der Waals surface area contributed by atoms with Gasteiger partial charge < -0.3 is 4.90 Å². The Morgan fingerprint density at radius 1 is 1.03 bits per heavy atom. The van der Waals surface area contributed by atoms with Crippen LogP contribution in [0, 0.1) is 20.8 Å². The van der Waals surface area contributed by atoms with Gasteiger partial charge in [0.25, 0.3) is 5.91 Å². The molecule has 4 rings (SSSR count). The van der Waals surface area contributed by atoms with Crippen LogP contribution in [0.1, 0.15) is 34.1 Å². The van der Waals surface area contributed by atoms with Crippen molar-refractivity contribution in [3.63, 3.8) is 0 Å². The summed E-state index contributed by atoms with van der Waals surface area (Å²) < 4.78 is 0. The molecule has 1 aliphatic heterocycles. The first-order chi connectivity index (χ1) is 14.4. The molecule has 1 fully saturated rings. The lowest BCUT2D eigenvalue weighted by Gasteiger charge is -2.26. The summed E-state index contributed by atoms with van der Waals surface area (Å²) in [4.78, 5) is 27.5. The van der Waals surface area contributed by atoms with Crippen molar-refractivity contribution >= 4 is 11.7 Å². The Hall–Kier alpha value is -3.26. The summed E-state index contributed by atoms with van der Waals surface area (Å²) in [6, 6.07) is 9.67. The van der Waals surface area contributed by atoms with Crippen LogP contribution in [-0.2, 0) is 4.84 Å². The predicted molar refractivity (Wildman–Crippen MR) is 114 cm³/mol. The molecular formula is C22H26N6O2. The van der Waals surface area contributed by atoms with E-state index in [4.69, 9.17) is 4.84 Å². The van der Waals surface area contributed by atoms with Gasteiger partial charge in [0, 0.05) is 12.2 Å². The van der Waals surface area contributed by atoms with Crippen molar-refractivity contribution < 1.29 is 9.63 Å². The summed E-state index contributed by atoms with van der Waals surface area (Å²) in [5, 5.41) is 10.2. The molecule has 0 aliphatic carbocycles. The lowest BCUT2D eigenvalue weighted by molar-refractivity contribution is 0.0599. The average molecular weight is 406 g/mol. The molecule has 0 unspecified atom stereocenters. The molecule has 1 saturated heterocycles. The molecule has 3 heterocycles. The van der Waals surface area contributed by atoms with Gasteiger partial charge in [0.1, 0.15) is 0 Å². The van der Waals surface area contributed by atoms with E-state index in [1.165, 1.54) is 4.80 Å². The van der Waals surface area contributed by atoms with Gasteiger partial charge in [0.15, 0.2) is 5.82 Å². The van der Waals surface area contributed by atoms with Crippen molar-refractivity contribution in [2.24, 2.45) is 0 Å². The van der Waals surface area contributed by atoms with E-state index >= 15 is 0 Å². The fraction of sp³-hybridized carbons (Fsp3) is 0.364. The summed E-state index contributed by atoms with van der Waals surface area (Å²) in [7, 11) is 0. The number of pyridine rings is 1. The maximum atomic E-state index is 13.5. The number of benzene rings is 1.